The Hall–Kier alpha value is -3.19. The van der Waals surface area contributed by atoms with Crippen molar-refractivity contribution in [2.45, 2.75) is 46.3 Å². The van der Waals surface area contributed by atoms with Crippen LogP contribution in [0.4, 0.5) is 0 Å². The van der Waals surface area contributed by atoms with Crippen LogP contribution in [0.1, 0.15) is 50.6 Å². The smallest absolute Gasteiger partial charge is 0.210 e. The van der Waals surface area contributed by atoms with E-state index in [1.807, 2.05) is 43.3 Å². The van der Waals surface area contributed by atoms with Gasteiger partial charge in [-0.25, -0.2) is 0 Å². The highest BCUT2D eigenvalue weighted by atomic mass is 16.5. The number of allylic oxidation sites excluding steroid dienone is 1. The average Bonchev–Trinajstić information content (AvgIpc) is 3.38. The summed E-state index contributed by atoms with van der Waals surface area (Å²) in [6, 6.07) is 9.79. The van der Waals surface area contributed by atoms with Crippen molar-refractivity contribution in [3.63, 3.8) is 0 Å². The number of aromatic nitrogens is 1. The summed E-state index contributed by atoms with van der Waals surface area (Å²) in [5, 5.41) is 7.47. The molecule has 0 saturated heterocycles. The van der Waals surface area contributed by atoms with Crippen LogP contribution in [0, 0.1) is 30.1 Å². The van der Waals surface area contributed by atoms with Crippen molar-refractivity contribution in [3.8, 4) is 29.9 Å². The van der Waals surface area contributed by atoms with Gasteiger partial charge >= 0.3 is 0 Å². The molecule has 6 heteroatoms. The first-order valence-electron chi connectivity index (χ1n) is 11.5. The lowest BCUT2D eigenvalue weighted by Gasteiger charge is -2.17. The minimum Gasteiger partial charge on any atom is -0.490 e. The van der Waals surface area contributed by atoms with Crippen LogP contribution in [0.2, 0.25) is 0 Å². The number of hydrogen-bond donors (Lipinski definition) is 2. The number of benzene rings is 1. The van der Waals surface area contributed by atoms with Crippen LogP contribution in [0.5, 0.6) is 5.75 Å². The van der Waals surface area contributed by atoms with Crippen molar-refractivity contribution >= 4 is 0 Å². The van der Waals surface area contributed by atoms with Crippen LogP contribution < -0.4 is 15.8 Å². The van der Waals surface area contributed by atoms with Gasteiger partial charge in [0.05, 0.1) is 6.54 Å². The molecule has 176 valence electrons. The molecule has 6 nitrogen and oxygen atoms in total. The fourth-order valence-corrected chi connectivity index (χ4v) is 3.25. The summed E-state index contributed by atoms with van der Waals surface area (Å²) in [4.78, 5) is 2.21. The van der Waals surface area contributed by atoms with Gasteiger partial charge < -0.3 is 25.2 Å². The molecular formula is C27H36N4O2. The van der Waals surface area contributed by atoms with E-state index < -0.39 is 0 Å². The fourth-order valence-electron chi connectivity index (χ4n) is 3.25. The maximum absolute atomic E-state index is 6.01. The lowest BCUT2D eigenvalue weighted by atomic mass is 10.2. The molecule has 3 N–H and O–H groups in total. The quantitative estimate of drug-likeness (QED) is 0.403. The lowest BCUT2D eigenvalue weighted by molar-refractivity contribution is 0.282. The van der Waals surface area contributed by atoms with Crippen LogP contribution in [-0.2, 0) is 6.54 Å². The minimum absolute atomic E-state index is 0.301. The van der Waals surface area contributed by atoms with E-state index in [0.29, 0.717) is 24.3 Å². The SMILES string of the molecule is C#CC.C/C=C\N(CCC)Cc1cc(C#Cc2ccc(OC3CC3CNCCN)cc2)on1. The molecule has 0 amide bonds. The van der Waals surface area contributed by atoms with Crippen molar-refractivity contribution in [3.05, 3.63) is 59.6 Å². The molecule has 0 radical (unpaired) electrons. The van der Waals surface area contributed by atoms with Crippen molar-refractivity contribution in [2.75, 3.05) is 26.2 Å². The summed E-state index contributed by atoms with van der Waals surface area (Å²) in [6.07, 6.45) is 11.2. The van der Waals surface area contributed by atoms with Gasteiger partial charge in [-0.1, -0.05) is 24.1 Å². The van der Waals surface area contributed by atoms with E-state index in [1.54, 1.807) is 6.92 Å². The second-order valence-corrected chi connectivity index (χ2v) is 7.84. The van der Waals surface area contributed by atoms with E-state index in [0.717, 1.165) is 56.0 Å². The number of ether oxygens (including phenoxy) is 1. The Bertz CT molecular complexity index is 947. The Morgan fingerprint density at radius 3 is 2.76 bits per heavy atom. The van der Waals surface area contributed by atoms with Crippen molar-refractivity contribution < 1.29 is 9.26 Å². The number of terminal acetylenes is 1. The van der Waals surface area contributed by atoms with Crippen LogP contribution >= 0.6 is 0 Å². The van der Waals surface area contributed by atoms with E-state index in [1.165, 1.54) is 0 Å². The molecule has 0 bridgehead atoms. The standard InChI is InChI=1S/C24H32N4O2.C3H4/c1-3-13-28(14-4-2)18-21-16-23(30-27-21)10-7-19-5-8-22(9-6-19)29-24-15-20(24)17-26-12-11-25;1-3-2/h3,5-6,8-9,13,16,20,24,26H,4,11-12,14-15,17-18,25H2,1-2H3;1H,2H3/b13-3-;. The lowest BCUT2D eigenvalue weighted by Crippen LogP contribution is -2.25. The topological polar surface area (TPSA) is 76.5 Å². The third-order valence-electron chi connectivity index (χ3n) is 4.85. The first-order chi connectivity index (χ1) is 16.1. The summed E-state index contributed by atoms with van der Waals surface area (Å²) >= 11 is 0. The van der Waals surface area contributed by atoms with E-state index in [2.05, 4.69) is 52.7 Å². The molecule has 33 heavy (non-hydrogen) atoms. The van der Waals surface area contributed by atoms with E-state index >= 15 is 0 Å². The molecular weight excluding hydrogens is 412 g/mol. The van der Waals surface area contributed by atoms with Gasteiger partial charge in [-0.05, 0) is 63.1 Å². The predicted octanol–water partition coefficient (Wildman–Crippen LogP) is 3.78. The zero-order chi connectivity index (χ0) is 23.9. The Kier molecular flexibility index (Phi) is 11.7. The van der Waals surface area contributed by atoms with Crippen LogP contribution in [0.3, 0.4) is 0 Å². The second kappa shape index (κ2) is 14.8. The second-order valence-electron chi connectivity index (χ2n) is 7.84. The molecule has 2 aromatic rings. The Balaban J connectivity index is 0.00000122. The Morgan fingerprint density at radius 1 is 1.33 bits per heavy atom. The third-order valence-corrected chi connectivity index (χ3v) is 4.85. The first kappa shape index (κ1) is 26.1. The van der Waals surface area contributed by atoms with Crippen LogP contribution in [0.25, 0.3) is 0 Å². The molecule has 0 spiro atoms. The molecule has 1 saturated carbocycles. The molecule has 1 aliphatic carbocycles. The van der Waals surface area contributed by atoms with Gasteiger partial charge in [0.15, 0.2) is 0 Å². The van der Waals surface area contributed by atoms with Crippen molar-refractivity contribution in [1.82, 2.24) is 15.4 Å². The summed E-state index contributed by atoms with van der Waals surface area (Å²) < 4.78 is 11.4. The van der Waals surface area contributed by atoms with Gasteiger partial charge in [-0.15, -0.1) is 12.3 Å². The number of hydrogen-bond acceptors (Lipinski definition) is 6. The predicted molar refractivity (Wildman–Crippen MR) is 133 cm³/mol. The van der Waals surface area contributed by atoms with Gasteiger partial charge in [0.1, 0.15) is 17.5 Å². The summed E-state index contributed by atoms with van der Waals surface area (Å²) in [5.41, 5.74) is 7.29. The van der Waals surface area contributed by atoms with E-state index in [4.69, 9.17) is 15.0 Å². The van der Waals surface area contributed by atoms with Gasteiger partial charge in [0.25, 0.3) is 0 Å². The molecule has 0 aliphatic heterocycles. The monoisotopic (exact) mass is 448 g/mol. The molecule has 2 unspecified atom stereocenters. The highest BCUT2D eigenvalue weighted by molar-refractivity contribution is 5.42. The summed E-state index contributed by atoms with van der Waals surface area (Å²) in [7, 11) is 0. The fraction of sp³-hybridized carbons (Fsp3) is 0.444. The van der Waals surface area contributed by atoms with Crippen molar-refractivity contribution in [2.24, 2.45) is 11.7 Å². The van der Waals surface area contributed by atoms with E-state index in [9.17, 15) is 0 Å². The third kappa shape index (κ3) is 9.87. The molecule has 1 heterocycles. The molecule has 1 fully saturated rings. The molecule has 1 aromatic carbocycles. The van der Waals surface area contributed by atoms with Gasteiger partial charge in [0.2, 0.25) is 5.76 Å². The summed E-state index contributed by atoms with van der Waals surface area (Å²) in [5.74, 6) is 10.5. The maximum atomic E-state index is 6.01. The average molecular weight is 449 g/mol. The highest BCUT2D eigenvalue weighted by Crippen LogP contribution is 2.34. The summed E-state index contributed by atoms with van der Waals surface area (Å²) in [6.45, 7) is 10.0. The molecule has 2 atom stereocenters. The van der Waals surface area contributed by atoms with Crippen molar-refractivity contribution in [1.29, 1.82) is 0 Å². The first-order valence-corrected chi connectivity index (χ1v) is 11.5. The molecule has 1 aliphatic rings. The normalized spacial score (nSPS) is 16.2. The number of nitrogens with zero attached hydrogens (tertiary/aromatic N) is 2. The minimum atomic E-state index is 0.301. The van der Waals surface area contributed by atoms with Crippen LogP contribution in [-0.4, -0.2) is 42.3 Å². The Labute approximate surface area is 198 Å². The zero-order valence-corrected chi connectivity index (χ0v) is 20.0. The van der Waals surface area contributed by atoms with Gasteiger partial charge in [0, 0.05) is 43.7 Å². The number of nitrogens with two attached hydrogens (primary N) is 1. The zero-order valence-electron chi connectivity index (χ0n) is 20.0. The molecule has 3 rings (SSSR count). The van der Waals surface area contributed by atoms with Crippen LogP contribution in [0.15, 0.2) is 47.1 Å². The van der Waals surface area contributed by atoms with Gasteiger partial charge in [-0.3, -0.25) is 0 Å². The number of rotatable bonds is 11. The number of nitrogens with one attached hydrogen (secondary N) is 1. The van der Waals surface area contributed by atoms with E-state index in [-0.39, 0.29) is 0 Å². The highest BCUT2D eigenvalue weighted by Gasteiger charge is 2.38. The molecule has 1 aromatic heterocycles. The van der Waals surface area contributed by atoms with Gasteiger partial charge in [-0.2, -0.15) is 0 Å². The Morgan fingerprint density at radius 2 is 2.09 bits per heavy atom. The largest absolute Gasteiger partial charge is 0.490 e. The maximum Gasteiger partial charge on any atom is 0.210 e.